The quantitative estimate of drug-likeness (QED) is 0.752. The van der Waals surface area contributed by atoms with Crippen molar-refractivity contribution in [2.45, 2.75) is 26.3 Å². The minimum Gasteiger partial charge on any atom is -0.308 e. The van der Waals surface area contributed by atoms with Gasteiger partial charge in [0.2, 0.25) is 0 Å². The summed E-state index contributed by atoms with van der Waals surface area (Å²) in [6.45, 7) is 8.90. The molecule has 20 heavy (non-hydrogen) atoms. The van der Waals surface area contributed by atoms with E-state index in [1.165, 1.54) is 9.75 Å². The molecule has 2 rings (SSSR count). The molecule has 0 radical (unpaired) electrons. The number of thiophene rings is 2. The summed E-state index contributed by atoms with van der Waals surface area (Å²) in [4.78, 5) is 5.36. The van der Waals surface area contributed by atoms with E-state index < -0.39 is 0 Å². The Hall–Kier alpha value is -0.680. The molecule has 0 spiro atoms. The molecule has 4 heteroatoms. The van der Waals surface area contributed by atoms with Crippen molar-refractivity contribution < 1.29 is 0 Å². The normalized spacial score (nSPS) is 12.9. The van der Waals surface area contributed by atoms with Crippen LogP contribution in [0.2, 0.25) is 0 Å². The lowest BCUT2D eigenvalue weighted by atomic mass is 10.1. The SMILES string of the molecule is CCN(CC)CCNC(Cc1cccs1)c1cccs1. The zero-order chi connectivity index (χ0) is 14.2. The molecular weight excluding hydrogens is 284 g/mol. The van der Waals surface area contributed by atoms with Gasteiger partial charge in [0.25, 0.3) is 0 Å². The van der Waals surface area contributed by atoms with Gasteiger partial charge in [-0.3, -0.25) is 0 Å². The fraction of sp³-hybridized carbons (Fsp3) is 0.500. The average Bonchev–Trinajstić information content (AvgIpc) is 3.14. The van der Waals surface area contributed by atoms with Gasteiger partial charge in [-0.1, -0.05) is 26.0 Å². The van der Waals surface area contributed by atoms with Crippen LogP contribution in [0.15, 0.2) is 35.0 Å². The number of hydrogen-bond acceptors (Lipinski definition) is 4. The standard InChI is InChI=1S/C16H24N2S2/c1-3-18(4-2)10-9-17-15(16-8-6-12-20-16)13-14-7-5-11-19-14/h5-8,11-12,15,17H,3-4,9-10,13H2,1-2H3. The highest BCUT2D eigenvalue weighted by Crippen LogP contribution is 2.24. The minimum absolute atomic E-state index is 0.448. The molecule has 0 aliphatic rings. The van der Waals surface area contributed by atoms with Crippen LogP contribution in [0.1, 0.15) is 29.6 Å². The first-order chi connectivity index (χ1) is 9.83. The van der Waals surface area contributed by atoms with Gasteiger partial charge in [0.15, 0.2) is 0 Å². The van der Waals surface area contributed by atoms with Crippen molar-refractivity contribution in [3.63, 3.8) is 0 Å². The predicted molar refractivity (Wildman–Crippen MR) is 90.9 cm³/mol. The largest absolute Gasteiger partial charge is 0.308 e. The summed E-state index contributed by atoms with van der Waals surface area (Å²) in [6, 6.07) is 9.21. The van der Waals surface area contributed by atoms with Gasteiger partial charge in [-0.15, -0.1) is 22.7 Å². The summed E-state index contributed by atoms with van der Waals surface area (Å²) in [7, 11) is 0. The Morgan fingerprint density at radius 2 is 1.85 bits per heavy atom. The summed E-state index contributed by atoms with van der Waals surface area (Å²) >= 11 is 3.70. The van der Waals surface area contributed by atoms with Crippen molar-refractivity contribution in [1.82, 2.24) is 10.2 Å². The van der Waals surface area contributed by atoms with E-state index in [-0.39, 0.29) is 0 Å². The molecular formula is C16H24N2S2. The highest BCUT2D eigenvalue weighted by atomic mass is 32.1. The summed E-state index contributed by atoms with van der Waals surface area (Å²) in [6.07, 6.45) is 1.09. The number of likely N-dealkylation sites (N-methyl/N-ethyl adjacent to an activating group) is 1. The van der Waals surface area contributed by atoms with Gasteiger partial charge >= 0.3 is 0 Å². The Morgan fingerprint density at radius 1 is 1.10 bits per heavy atom. The van der Waals surface area contributed by atoms with Crippen LogP contribution in [0.3, 0.4) is 0 Å². The maximum Gasteiger partial charge on any atom is 0.0464 e. The van der Waals surface area contributed by atoms with Gasteiger partial charge in [-0.05, 0) is 36.0 Å². The van der Waals surface area contributed by atoms with Gasteiger partial charge in [0.1, 0.15) is 0 Å². The lowest BCUT2D eigenvalue weighted by Gasteiger charge is -2.21. The van der Waals surface area contributed by atoms with Crippen molar-refractivity contribution in [2.75, 3.05) is 26.2 Å². The minimum atomic E-state index is 0.448. The van der Waals surface area contributed by atoms with Crippen LogP contribution in [0, 0.1) is 0 Å². The van der Waals surface area contributed by atoms with Crippen LogP contribution in [0.5, 0.6) is 0 Å². The van der Waals surface area contributed by atoms with Crippen LogP contribution >= 0.6 is 22.7 Å². The third kappa shape index (κ3) is 4.70. The third-order valence-electron chi connectivity index (χ3n) is 3.59. The van der Waals surface area contributed by atoms with E-state index in [9.17, 15) is 0 Å². The molecule has 110 valence electrons. The van der Waals surface area contributed by atoms with E-state index in [0.717, 1.165) is 32.6 Å². The first-order valence-electron chi connectivity index (χ1n) is 7.35. The van der Waals surface area contributed by atoms with Gasteiger partial charge in [-0.25, -0.2) is 0 Å². The van der Waals surface area contributed by atoms with E-state index in [1.807, 2.05) is 22.7 Å². The second kappa shape index (κ2) is 8.57. The van der Waals surface area contributed by atoms with Crippen molar-refractivity contribution in [3.8, 4) is 0 Å². The fourth-order valence-electron chi connectivity index (χ4n) is 2.33. The van der Waals surface area contributed by atoms with Crippen LogP contribution in [-0.4, -0.2) is 31.1 Å². The van der Waals surface area contributed by atoms with Crippen LogP contribution < -0.4 is 5.32 Å². The van der Waals surface area contributed by atoms with Crippen molar-refractivity contribution in [3.05, 3.63) is 44.8 Å². The molecule has 1 atom stereocenters. The number of hydrogen-bond donors (Lipinski definition) is 1. The molecule has 1 N–H and O–H groups in total. The molecule has 0 aromatic carbocycles. The van der Waals surface area contributed by atoms with Gasteiger partial charge in [0, 0.05) is 35.3 Å². The molecule has 2 aromatic rings. The maximum atomic E-state index is 3.73. The van der Waals surface area contributed by atoms with E-state index in [1.54, 1.807) is 0 Å². The molecule has 1 unspecified atom stereocenters. The second-order valence-electron chi connectivity index (χ2n) is 4.83. The van der Waals surface area contributed by atoms with E-state index in [2.05, 4.69) is 59.1 Å². The monoisotopic (exact) mass is 308 g/mol. The zero-order valence-corrected chi connectivity index (χ0v) is 14.0. The van der Waals surface area contributed by atoms with E-state index in [4.69, 9.17) is 0 Å². The first-order valence-corrected chi connectivity index (χ1v) is 9.11. The predicted octanol–water partition coefficient (Wildman–Crippen LogP) is 4.02. The summed E-state index contributed by atoms with van der Waals surface area (Å²) in [5.41, 5.74) is 0. The molecule has 2 heterocycles. The number of nitrogens with one attached hydrogen (secondary N) is 1. The Bertz CT molecular complexity index is 447. The lowest BCUT2D eigenvalue weighted by molar-refractivity contribution is 0.296. The highest BCUT2D eigenvalue weighted by Gasteiger charge is 2.13. The van der Waals surface area contributed by atoms with Crippen molar-refractivity contribution in [1.29, 1.82) is 0 Å². The second-order valence-corrected chi connectivity index (χ2v) is 6.84. The molecule has 2 nitrogen and oxygen atoms in total. The van der Waals surface area contributed by atoms with Gasteiger partial charge < -0.3 is 10.2 Å². The van der Waals surface area contributed by atoms with E-state index >= 15 is 0 Å². The number of rotatable bonds is 9. The summed E-state index contributed by atoms with van der Waals surface area (Å²) in [5.74, 6) is 0. The smallest absolute Gasteiger partial charge is 0.0464 e. The Labute approximate surface area is 130 Å². The Balaban J connectivity index is 1.90. The number of nitrogens with zero attached hydrogens (tertiary/aromatic N) is 1. The molecule has 0 aliphatic heterocycles. The molecule has 0 amide bonds. The summed E-state index contributed by atoms with van der Waals surface area (Å²) in [5, 5.41) is 8.07. The topological polar surface area (TPSA) is 15.3 Å². The van der Waals surface area contributed by atoms with Crippen LogP contribution in [-0.2, 0) is 6.42 Å². The van der Waals surface area contributed by atoms with Gasteiger partial charge in [-0.2, -0.15) is 0 Å². The zero-order valence-electron chi connectivity index (χ0n) is 12.3. The molecule has 0 saturated heterocycles. The van der Waals surface area contributed by atoms with Crippen molar-refractivity contribution in [2.24, 2.45) is 0 Å². The molecule has 2 aromatic heterocycles. The average molecular weight is 309 g/mol. The highest BCUT2D eigenvalue weighted by molar-refractivity contribution is 7.10. The summed E-state index contributed by atoms with van der Waals surface area (Å²) < 4.78 is 0. The van der Waals surface area contributed by atoms with Crippen LogP contribution in [0.25, 0.3) is 0 Å². The third-order valence-corrected chi connectivity index (χ3v) is 5.47. The van der Waals surface area contributed by atoms with Crippen molar-refractivity contribution >= 4 is 22.7 Å². The molecule has 0 saturated carbocycles. The Morgan fingerprint density at radius 3 is 2.45 bits per heavy atom. The van der Waals surface area contributed by atoms with Crippen LogP contribution in [0.4, 0.5) is 0 Å². The van der Waals surface area contributed by atoms with E-state index in [0.29, 0.717) is 6.04 Å². The first kappa shape index (κ1) is 15.7. The molecule has 0 aliphatic carbocycles. The van der Waals surface area contributed by atoms with Gasteiger partial charge in [0.05, 0.1) is 0 Å². The molecule has 0 fully saturated rings. The Kier molecular flexibility index (Phi) is 6.73. The maximum absolute atomic E-state index is 3.73. The lowest BCUT2D eigenvalue weighted by Crippen LogP contribution is -2.34. The molecule has 0 bridgehead atoms. The fourth-order valence-corrected chi connectivity index (χ4v) is 3.88.